The molecule has 0 saturated carbocycles. The van der Waals surface area contributed by atoms with Gasteiger partial charge in [-0.25, -0.2) is 14.1 Å². The molecule has 4 aromatic rings. The Morgan fingerprint density at radius 3 is 2.51 bits per heavy atom. The van der Waals surface area contributed by atoms with Gasteiger partial charge in [-0.15, -0.1) is 0 Å². The standard InChI is InChI=1S/C28H27FN6O3S/c1-18-25(27(37)35(33(18)2)20-8-4-3-5-9-20)26(36)31-19-10-11-23(22(29)16-19)38-21-12-13-30-24(17-21)32-28(39)34-14-6-7-15-34/h3-5,8-13,16-17H,6-7,14-15H2,1-2H3,(H,31,36)(H,30,32,39). The lowest BCUT2D eigenvalue weighted by Gasteiger charge is -2.19. The maximum Gasteiger partial charge on any atom is 0.284 e. The molecular formula is C28H27FN6O3S. The van der Waals surface area contributed by atoms with Crippen molar-refractivity contribution in [3.05, 3.63) is 94.3 Å². The number of halogens is 1. The molecule has 2 N–H and O–H groups in total. The summed E-state index contributed by atoms with van der Waals surface area (Å²) in [6, 6.07) is 16.3. The topological polar surface area (TPSA) is 93.4 Å². The van der Waals surface area contributed by atoms with Crippen LogP contribution in [-0.2, 0) is 7.05 Å². The van der Waals surface area contributed by atoms with Gasteiger partial charge in [-0.1, -0.05) is 18.2 Å². The van der Waals surface area contributed by atoms with Crippen LogP contribution < -0.4 is 20.9 Å². The Morgan fingerprint density at radius 1 is 1.05 bits per heavy atom. The lowest BCUT2D eigenvalue weighted by atomic mass is 10.2. The molecule has 0 bridgehead atoms. The normalized spacial score (nSPS) is 12.8. The average molecular weight is 547 g/mol. The van der Waals surface area contributed by atoms with Gasteiger partial charge in [0.15, 0.2) is 16.7 Å². The summed E-state index contributed by atoms with van der Waals surface area (Å²) in [6.07, 6.45) is 3.75. The third-order valence-electron chi connectivity index (χ3n) is 6.56. The van der Waals surface area contributed by atoms with Gasteiger partial charge in [0, 0.05) is 44.2 Å². The first kappa shape index (κ1) is 26.1. The minimum atomic E-state index is -0.682. The van der Waals surface area contributed by atoms with Crippen LogP contribution in [-0.4, -0.2) is 43.4 Å². The van der Waals surface area contributed by atoms with E-state index in [1.165, 1.54) is 16.8 Å². The smallest absolute Gasteiger partial charge is 0.284 e. The number of hydrogen-bond acceptors (Lipinski definition) is 5. The van der Waals surface area contributed by atoms with Crippen molar-refractivity contribution >= 4 is 34.7 Å². The van der Waals surface area contributed by atoms with E-state index >= 15 is 0 Å². The van der Waals surface area contributed by atoms with Crippen molar-refractivity contribution in [2.75, 3.05) is 23.7 Å². The number of para-hydroxylation sites is 1. The van der Waals surface area contributed by atoms with E-state index in [1.54, 1.807) is 49.1 Å². The van der Waals surface area contributed by atoms with Crippen molar-refractivity contribution in [3.63, 3.8) is 0 Å². The molecule has 0 aliphatic carbocycles. The number of aromatic nitrogens is 3. The van der Waals surface area contributed by atoms with Crippen molar-refractivity contribution in [2.45, 2.75) is 19.8 Å². The number of rotatable bonds is 6. The predicted octanol–water partition coefficient (Wildman–Crippen LogP) is 4.86. The number of hydrogen-bond donors (Lipinski definition) is 2. The number of nitrogens with zero attached hydrogens (tertiary/aromatic N) is 4. The van der Waals surface area contributed by atoms with Crippen LogP contribution in [0.2, 0.25) is 0 Å². The largest absolute Gasteiger partial charge is 0.454 e. The monoisotopic (exact) mass is 546 g/mol. The molecule has 5 rings (SSSR count). The number of amides is 1. The third-order valence-corrected chi connectivity index (χ3v) is 6.92. The van der Waals surface area contributed by atoms with Crippen LogP contribution in [0.4, 0.5) is 15.9 Å². The molecule has 1 aliphatic heterocycles. The van der Waals surface area contributed by atoms with Gasteiger partial charge in [0.1, 0.15) is 17.1 Å². The molecule has 0 radical (unpaired) electrons. The summed E-state index contributed by atoms with van der Waals surface area (Å²) in [5.41, 5.74) is 0.808. The van der Waals surface area contributed by atoms with E-state index in [-0.39, 0.29) is 17.0 Å². The number of pyridine rings is 1. The number of nitrogens with one attached hydrogen (secondary N) is 2. The fraction of sp³-hybridized carbons (Fsp3) is 0.214. The van der Waals surface area contributed by atoms with Crippen molar-refractivity contribution in [3.8, 4) is 17.2 Å². The summed E-state index contributed by atoms with van der Waals surface area (Å²) in [5, 5.41) is 6.30. The lowest BCUT2D eigenvalue weighted by Crippen LogP contribution is -2.32. The number of anilines is 2. The predicted molar refractivity (Wildman–Crippen MR) is 151 cm³/mol. The van der Waals surface area contributed by atoms with Gasteiger partial charge in [0.05, 0.1) is 11.4 Å². The van der Waals surface area contributed by atoms with Crippen molar-refractivity contribution in [1.82, 2.24) is 19.2 Å². The third kappa shape index (κ3) is 5.53. The second-order valence-corrected chi connectivity index (χ2v) is 9.53. The summed E-state index contributed by atoms with van der Waals surface area (Å²) in [4.78, 5) is 32.5. The minimum Gasteiger partial charge on any atom is -0.454 e. The lowest BCUT2D eigenvalue weighted by molar-refractivity contribution is 0.102. The van der Waals surface area contributed by atoms with E-state index in [4.69, 9.17) is 17.0 Å². The Hall–Kier alpha value is -4.51. The molecule has 2 aromatic heterocycles. The molecule has 9 nitrogen and oxygen atoms in total. The number of carbonyl (C=O) groups excluding carboxylic acids is 1. The van der Waals surface area contributed by atoms with Gasteiger partial charge in [-0.05, 0) is 62.3 Å². The summed E-state index contributed by atoms with van der Waals surface area (Å²) in [7, 11) is 1.70. The molecule has 0 unspecified atom stereocenters. The second-order valence-electron chi connectivity index (χ2n) is 9.14. The van der Waals surface area contributed by atoms with Crippen LogP contribution in [0.3, 0.4) is 0 Å². The van der Waals surface area contributed by atoms with Crippen LogP contribution in [0, 0.1) is 12.7 Å². The fourth-order valence-electron chi connectivity index (χ4n) is 4.46. The van der Waals surface area contributed by atoms with Gasteiger partial charge in [-0.3, -0.25) is 14.3 Å². The zero-order valence-electron chi connectivity index (χ0n) is 21.5. The van der Waals surface area contributed by atoms with Crippen LogP contribution in [0.15, 0.2) is 71.7 Å². The number of benzene rings is 2. The highest BCUT2D eigenvalue weighted by Gasteiger charge is 2.23. The summed E-state index contributed by atoms with van der Waals surface area (Å²) in [5.74, 6) is -0.482. The van der Waals surface area contributed by atoms with Gasteiger partial charge in [0.25, 0.3) is 11.5 Å². The maximum atomic E-state index is 14.9. The van der Waals surface area contributed by atoms with Gasteiger partial charge < -0.3 is 20.3 Å². The van der Waals surface area contributed by atoms with Gasteiger partial charge in [-0.2, -0.15) is 0 Å². The first-order valence-corrected chi connectivity index (χ1v) is 12.9. The highest BCUT2D eigenvalue weighted by atomic mass is 32.1. The molecule has 200 valence electrons. The summed E-state index contributed by atoms with van der Waals surface area (Å²) < 4.78 is 23.7. The van der Waals surface area contributed by atoms with Crippen molar-refractivity contribution in [1.29, 1.82) is 0 Å². The highest BCUT2D eigenvalue weighted by Crippen LogP contribution is 2.28. The number of ether oxygens (including phenoxy) is 1. The Balaban J connectivity index is 1.29. The van der Waals surface area contributed by atoms with E-state index in [2.05, 4.69) is 20.5 Å². The average Bonchev–Trinajstić information content (AvgIpc) is 3.53. The van der Waals surface area contributed by atoms with Gasteiger partial charge >= 0.3 is 0 Å². The molecule has 1 aliphatic rings. The number of likely N-dealkylation sites (tertiary alicyclic amines) is 1. The molecule has 3 heterocycles. The highest BCUT2D eigenvalue weighted by molar-refractivity contribution is 7.80. The van der Waals surface area contributed by atoms with Crippen molar-refractivity contribution in [2.24, 2.45) is 7.05 Å². The Kier molecular flexibility index (Phi) is 7.42. The molecule has 2 aromatic carbocycles. The van der Waals surface area contributed by atoms with Crippen molar-refractivity contribution < 1.29 is 13.9 Å². The number of thiocarbonyl (C=S) groups is 1. The Bertz CT molecular complexity index is 1590. The molecule has 1 amide bonds. The Labute approximate surface area is 229 Å². The molecular weight excluding hydrogens is 519 g/mol. The molecule has 1 fully saturated rings. The first-order chi connectivity index (χ1) is 18.8. The SMILES string of the molecule is Cc1c(C(=O)Nc2ccc(Oc3ccnc(NC(=S)N4CCCC4)c3)c(F)c2)c(=O)n(-c2ccccc2)n1C. The molecule has 0 atom stereocenters. The molecule has 39 heavy (non-hydrogen) atoms. The molecule has 11 heteroatoms. The number of carbonyl (C=O) groups is 1. The van der Waals surface area contributed by atoms with Gasteiger partial charge in [0.2, 0.25) is 0 Å². The van der Waals surface area contributed by atoms with Crippen LogP contribution in [0.25, 0.3) is 5.69 Å². The van der Waals surface area contributed by atoms with E-state index in [9.17, 15) is 14.0 Å². The maximum absolute atomic E-state index is 14.9. The zero-order valence-corrected chi connectivity index (χ0v) is 22.3. The minimum absolute atomic E-state index is 0.0225. The molecule has 0 spiro atoms. The molecule has 1 saturated heterocycles. The Morgan fingerprint density at radius 2 is 1.79 bits per heavy atom. The van der Waals surface area contributed by atoms with Crippen LogP contribution >= 0.6 is 12.2 Å². The van der Waals surface area contributed by atoms with E-state index in [0.29, 0.717) is 28.1 Å². The van der Waals surface area contributed by atoms with E-state index < -0.39 is 17.3 Å². The fourth-order valence-corrected chi connectivity index (χ4v) is 4.75. The summed E-state index contributed by atoms with van der Waals surface area (Å²) >= 11 is 5.44. The quantitative estimate of drug-likeness (QED) is 0.334. The summed E-state index contributed by atoms with van der Waals surface area (Å²) in [6.45, 7) is 3.50. The zero-order chi connectivity index (χ0) is 27.5. The first-order valence-electron chi connectivity index (χ1n) is 12.5. The van der Waals surface area contributed by atoms with E-state index in [1.807, 2.05) is 18.2 Å². The van der Waals surface area contributed by atoms with Crippen LogP contribution in [0.1, 0.15) is 28.9 Å². The second kappa shape index (κ2) is 11.1. The van der Waals surface area contributed by atoms with E-state index in [0.717, 1.165) is 32.0 Å². The van der Waals surface area contributed by atoms with Crippen LogP contribution in [0.5, 0.6) is 11.5 Å².